The van der Waals surface area contributed by atoms with Crippen molar-refractivity contribution in [1.29, 1.82) is 0 Å². The van der Waals surface area contributed by atoms with Crippen molar-refractivity contribution in [2.75, 3.05) is 6.61 Å². The van der Waals surface area contributed by atoms with Crippen LogP contribution in [0.2, 0.25) is 0 Å². The van der Waals surface area contributed by atoms with Gasteiger partial charge in [0.1, 0.15) is 11.6 Å². The second kappa shape index (κ2) is 9.65. The van der Waals surface area contributed by atoms with E-state index in [4.69, 9.17) is 4.74 Å². The Morgan fingerprint density at radius 1 is 1.27 bits per heavy atom. The molecule has 0 fully saturated rings. The summed E-state index contributed by atoms with van der Waals surface area (Å²) < 4.78 is 10.0. The second-order valence-corrected chi connectivity index (χ2v) is 9.71. The lowest BCUT2D eigenvalue weighted by Gasteiger charge is -2.12. The number of thioether (sulfide) groups is 1. The highest BCUT2D eigenvalue weighted by Gasteiger charge is 2.27. The number of hydrogen-bond acceptors (Lipinski definition) is 5. The fraction of sp³-hybridized carbons (Fsp3) is 0.280. The molecular formula is C25H26BrN3O3S. The van der Waals surface area contributed by atoms with E-state index in [1.54, 1.807) is 24.9 Å². The molecule has 2 aromatic carbocycles. The zero-order chi connectivity index (χ0) is 23.7. The minimum absolute atomic E-state index is 0.116. The van der Waals surface area contributed by atoms with E-state index in [1.165, 1.54) is 5.56 Å². The van der Waals surface area contributed by atoms with Crippen LogP contribution in [0, 0.1) is 13.8 Å². The van der Waals surface area contributed by atoms with Crippen LogP contribution < -0.4 is 0 Å². The number of halogens is 1. The number of aromatic hydroxyl groups is 1. The largest absolute Gasteiger partial charge is 0.506 e. The average Bonchev–Trinajstić information content (AvgIpc) is 3.31. The van der Waals surface area contributed by atoms with Crippen molar-refractivity contribution in [3.05, 3.63) is 75.4 Å². The Labute approximate surface area is 205 Å². The highest BCUT2D eigenvalue weighted by molar-refractivity contribution is 9.10. The summed E-state index contributed by atoms with van der Waals surface area (Å²) >= 11 is 5.18. The molecule has 2 heterocycles. The number of aryl methyl sites for hydroxylation is 3. The van der Waals surface area contributed by atoms with Crippen molar-refractivity contribution >= 4 is 44.6 Å². The summed E-state index contributed by atoms with van der Waals surface area (Å²) in [5, 5.41) is 11.7. The van der Waals surface area contributed by atoms with Crippen molar-refractivity contribution < 1.29 is 14.6 Å². The first-order valence-electron chi connectivity index (χ1n) is 10.7. The fourth-order valence-corrected chi connectivity index (χ4v) is 5.59. The standard InChI is InChI=1S/C25H26BrN3O3S/c1-5-32-25(31)23-20(14-33-21-9-7-6-8-15(21)2)28(4)19-12-18(26)24(30)17(22(19)23)13-29-11-10-27-16(29)3/h6-12,30H,5,13-14H2,1-4H3. The topological polar surface area (TPSA) is 69.3 Å². The number of carbonyl (C=O) groups is 1. The number of nitrogens with zero attached hydrogens (tertiary/aromatic N) is 3. The zero-order valence-corrected chi connectivity index (χ0v) is 21.5. The first-order valence-corrected chi connectivity index (χ1v) is 12.5. The molecule has 8 heteroatoms. The molecule has 4 aromatic rings. The number of imidazole rings is 1. The van der Waals surface area contributed by atoms with Gasteiger partial charge in [0.05, 0.1) is 28.7 Å². The maximum absolute atomic E-state index is 13.2. The highest BCUT2D eigenvalue weighted by Crippen LogP contribution is 2.41. The smallest absolute Gasteiger partial charge is 0.340 e. The lowest BCUT2D eigenvalue weighted by Crippen LogP contribution is -2.09. The normalized spacial score (nSPS) is 11.3. The number of hydrogen-bond donors (Lipinski definition) is 1. The van der Waals surface area contributed by atoms with Crippen LogP contribution in [0.25, 0.3) is 10.9 Å². The molecule has 172 valence electrons. The number of carbonyl (C=O) groups excluding carboxylic acids is 1. The summed E-state index contributed by atoms with van der Waals surface area (Å²) in [6, 6.07) is 10.1. The highest BCUT2D eigenvalue weighted by atomic mass is 79.9. The second-order valence-electron chi connectivity index (χ2n) is 7.84. The molecule has 0 bridgehead atoms. The van der Waals surface area contributed by atoms with Gasteiger partial charge in [0.15, 0.2) is 0 Å². The number of aromatic nitrogens is 3. The van der Waals surface area contributed by atoms with E-state index in [-0.39, 0.29) is 18.3 Å². The maximum Gasteiger partial charge on any atom is 0.340 e. The van der Waals surface area contributed by atoms with E-state index in [0.717, 1.165) is 21.9 Å². The van der Waals surface area contributed by atoms with Crippen LogP contribution in [-0.4, -0.2) is 31.8 Å². The minimum atomic E-state index is -0.381. The first kappa shape index (κ1) is 23.4. The number of phenolic OH excluding ortho intramolecular Hbond substituents is 1. The Kier molecular flexibility index (Phi) is 6.86. The SMILES string of the molecule is CCOC(=O)c1c(CSc2ccccc2C)n(C)c2cc(Br)c(O)c(Cn3ccnc3C)c12. The third-order valence-corrected chi connectivity index (χ3v) is 7.62. The van der Waals surface area contributed by atoms with Gasteiger partial charge in [-0.05, 0) is 54.4 Å². The lowest BCUT2D eigenvalue weighted by molar-refractivity contribution is 0.0527. The molecule has 0 aliphatic heterocycles. The zero-order valence-electron chi connectivity index (χ0n) is 19.1. The predicted octanol–water partition coefficient (Wildman–Crippen LogP) is 5.98. The first-order chi connectivity index (χ1) is 15.8. The molecule has 0 amide bonds. The van der Waals surface area contributed by atoms with E-state index in [0.29, 0.717) is 33.3 Å². The molecule has 0 atom stereocenters. The molecule has 0 saturated carbocycles. The molecule has 4 rings (SSSR count). The van der Waals surface area contributed by atoms with Gasteiger partial charge in [-0.3, -0.25) is 0 Å². The Balaban J connectivity index is 1.92. The Bertz CT molecular complexity index is 1340. The van der Waals surface area contributed by atoms with E-state index in [9.17, 15) is 9.90 Å². The van der Waals surface area contributed by atoms with Crippen molar-refractivity contribution in [3.63, 3.8) is 0 Å². The maximum atomic E-state index is 13.2. The molecular weight excluding hydrogens is 502 g/mol. The van der Waals surface area contributed by atoms with Gasteiger partial charge < -0.3 is 19.0 Å². The third kappa shape index (κ3) is 4.42. The molecule has 6 nitrogen and oxygen atoms in total. The van der Waals surface area contributed by atoms with Gasteiger partial charge in [0, 0.05) is 46.7 Å². The summed E-state index contributed by atoms with van der Waals surface area (Å²) in [5.41, 5.74) is 4.07. The Morgan fingerprint density at radius 2 is 2.03 bits per heavy atom. The van der Waals surface area contributed by atoms with Gasteiger partial charge in [-0.15, -0.1) is 11.8 Å². The summed E-state index contributed by atoms with van der Waals surface area (Å²) in [7, 11) is 1.95. The van der Waals surface area contributed by atoms with Crippen molar-refractivity contribution in [2.24, 2.45) is 7.05 Å². The van der Waals surface area contributed by atoms with E-state index >= 15 is 0 Å². The number of phenols is 1. The van der Waals surface area contributed by atoms with Gasteiger partial charge in [0.25, 0.3) is 0 Å². The Morgan fingerprint density at radius 3 is 2.70 bits per heavy atom. The number of esters is 1. The van der Waals surface area contributed by atoms with Crippen molar-refractivity contribution in [2.45, 2.75) is 38.0 Å². The minimum Gasteiger partial charge on any atom is -0.506 e. The Hall–Kier alpha value is -2.71. The van der Waals surface area contributed by atoms with Gasteiger partial charge >= 0.3 is 5.97 Å². The molecule has 33 heavy (non-hydrogen) atoms. The molecule has 0 aliphatic rings. The molecule has 1 N–H and O–H groups in total. The summed E-state index contributed by atoms with van der Waals surface area (Å²) in [4.78, 5) is 18.7. The van der Waals surface area contributed by atoms with Crippen molar-refractivity contribution in [1.82, 2.24) is 14.1 Å². The van der Waals surface area contributed by atoms with Gasteiger partial charge in [-0.25, -0.2) is 9.78 Å². The van der Waals surface area contributed by atoms with Gasteiger partial charge in [-0.1, -0.05) is 18.2 Å². The van der Waals surface area contributed by atoms with Crippen LogP contribution >= 0.6 is 27.7 Å². The summed E-state index contributed by atoms with van der Waals surface area (Å²) in [6.45, 7) is 6.45. The lowest BCUT2D eigenvalue weighted by atomic mass is 10.0. The van der Waals surface area contributed by atoms with E-state index in [2.05, 4.69) is 40.0 Å². The van der Waals surface area contributed by atoms with E-state index in [1.807, 2.05) is 47.5 Å². The summed E-state index contributed by atoms with van der Waals surface area (Å²) in [5.74, 6) is 1.15. The average molecular weight is 528 g/mol. The van der Waals surface area contributed by atoms with Crippen molar-refractivity contribution in [3.8, 4) is 5.75 Å². The quantitative estimate of drug-likeness (QED) is 0.236. The molecule has 0 unspecified atom stereocenters. The molecule has 0 spiro atoms. The number of ether oxygens (including phenoxy) is 1. The number of rotatable bonds is 7. The molecule has 0 radical (unpaired) electrons. The van der Waals surface area contributed by atoms with Crippen LogP contribution in [0.1, 0.15) is 39.9 Å². The van der Waals surface area contributed by atoms with Crippen LogP contribution in [0.3, 0.4) is 0 Å². The van der Waals surface area contributed by atoms with Gasteiger partial charge in [-0.2, -0.15) is 0 Å². The summed E-state index contributed by atoms with van der Waals surface area (Å²) in [6.07, 6.45) is 3.59. The van der Waals surface area contributed by atoms with Crippen LogP contribution in [-0.2, 0) is 24.1 Å². The third-order valence-electron chi connectivity index (χ3n) is 5.83. The molecule has 2 aromatic heterocycles. The van der Waals surface area contributed by atoms with E-state index < -0.39 is 0 Å². The number of fused-ring (bicyclic) bond motifs is 1. The van der Waals surface area contributed by atoms with Crippen LogP contribution in [0.4, 0.5) is 0 Å². The predicted molar refractivity (Wildman–Crippen MR) is 135 cm³/mol. The number of benzene rings is 2. The van der Waals surface area contributed by atoms with Gasteiger partial charge in [0.2, 0.25) is 0 Å². The van der Waals surface area contributed by atoms with Crippen LogP contribution in [0.15, 0.2) is 52.1 Å². The molecule has 0 aliphatic carbocycles. The molecule has 0 saturated heterocycles. The fourth-order valence-electron chi connectivity index (χ4n) is 4.03. The van der Waals surface area contributed by atoms with Crippen LogP contribution in [0.5, 0.6) is 5.75 Å². The monoisotopic (exact) mass is 527 g/mol.